The summed E-state index contributed by atoms with van der Waals surface area (Å²) in [5, 5.41) is 9.88. The highest BCUT2D eigenvalue weighted by atomic mass is 35.5. The van der Waals surface area contributed by atoms with Crippen molar-refractivity contribution in [1.82, 2.24) is 9.47 Å². The zero-order valence-corrected chi connectivity index (χ0v) is 17.2. The molecule has 0 spiro atoms. The average Bonchev–Trinajstić information content (AvgIpc) is 3.53. The zero-order chi connectivity index (χ0) is 20.9. The van der Waals surface area contributed by atoms with Gasteiger partial charge in [0.05, 0.1) is 16.6 Å². The third kappa shape index (κ3) is 3.42. The molecule has 2 heterocycles. The molecule has 1 aliphatic carbocycles. The van der Waals surface area contributed by atoms with Gasteiger partial charge in [0.15, 0.2) is 0 Å². The summed E-state index contributed by atoms with van der Waals surface area (Å²) in [6.07, 6.45) is 4.83. The molecule has 1 saturated heterocycles. The molecule has 0 radical (unpaired) electrons. The maximum Gasteiger partial charge on any atom is 0.341 e. The van der Waals surface area contributed by atoms with Crippen LogP contribution in [0.25, 0.3) is 15.9 Å². The molecule has 0 unspecified atom stereocenters. The Kier molecular flexibility index (Phi) is 5.12. The van der Waals surface area contributed by atoms with Gasteiger partial charge in [-0.25, -0.2) is 9.18 Å². The highest BCUT2D eigenvalue weighted by molar-refractivity contribution is 6.50. The first-order valence-electron chi connectivity index (χ1n) is 9.73. The minimum atomic E-state index is -1.31. The molecule has 4 rings (SSSR count). The van der Waals surface area contributed by atoms with E-state index in [2.05, 4.69) is 4.90 Å². The molecule has 1 aliphatic heterocycles. The van der Waals surface area contributed by atoms with Gasteiger partial charge in [-0.15, -0.1) is 0 Å². The molecule has 6 nitrogen and oxygen atoms in total. The fourth-order valence-corrected chi connectivity index (χ4v) is 4.16. The van der Waals surface area contributed by atoms with E-state index in [9.17, 15) is 14.7 Å². The Balaban J connectivity index is 2.09. The van der Waals surface area contributed by atoms with Crippen molar-refractivity contribution >= 4 is 39.2 Å². The number of anilines is 1. The lowest BCUT2D eigenvalue weighted by atomic mass is 10.0. The average molecular weight is 420 g/mol. The van der Waals surface area contributed by atoms with Crippen molar-refractivity contribution in [3.05, 3.63) is 45.5 Å². The van der Waals surface area contributed by atoms with Crippen LogP contribution in [0, 0.1) is 5.82 Å². The highest BCUT2D eigenvalue weighted by Crippen LogP contribution is 2.43. The number of fused-ring (bicyclic) bond motifs is 1. The number of aromatic carboxylic acids is 1. The molecule has 0 atom stereocenters. The SMILES string of the molecule is C/C=C(\Cl)c1c(N2CCN(C)CC2)c(F)cc2c(=O)c(C(=O)O)cn(C3CC3)c12. The molecule has 1 N–H and O–H groups in total. The van der Waals surface area contributed by atoms with Crippen molar-refractivity contribution < 1.29 is 14.3 Å². The largest absolute Gasteiger partial charge is 0.477 e. The highest BCUT2D eigenvalue weighted by Gasteiger charge is 2.31. The minimum Gasteiger partial charge on any atom is -0.477 e. The molecule has 29 heavy (non-hydrogen) atoms. The predicted molar refractivity (Wildman–Crippen MR) is 113 cm³/mol. The van der Waals surface area contributed by atoms with E-state index in [-0.39, 0.29) is 17.0 Å². The number of benzene rings is 1. The second-order valence-corrected chi connectivity index (χ2v) is 8.13. The molecule has 1 aromatic heterocycles. The first-order chi connectivity index (χ1) is 13.8. The number of carbonyl (C=O) groups is 1. The van der Waals surface area contributed by atoms with Gasteiger partial charge in [-0.05, 0) is 32.9 Å². The van der Waals surface area contributed by atoms with Gasteiger partial charge in [-0.2, -0.15) is 0 Å². The monoisotopic (exact) mass is 419 g/mol. The van der Waals surface area contributed by atoms with Crippen LogP contribution >= 0.6 is 11.6 Å². The van der Waals surface area contributed by atoms with Gasteiger partial charge in [0.25, 0.3) is 0 Å². The first kappa shape index (κ1) is 19.9. The molecule has 0 bridgehead atoms. The summed E-state index contributed by atoms with van der Waals surface area (Å²) in [5.74, 6) is -1.87. The van der Waals surface area contributed by atoms with E-state index in [1.807, 2.05) is 11.9 Å². The molecule has 1 saturated carbocycles. The lowest BCUT2D eigenvalue weighted by Crippen LogP contribution is -2.45. The van der Waals surface area contributed by atoms with Crippen LogP contribution in [-0.2, 0) is 0 Å². The standard InChI is InChI=1S/C21H23ClFN3O3/c1-3-15(22)17-18-13(10-16(23)19(17)25-8-6-24(2)7-9-25)20(27)14(21(28)29)11-26(18)12-4-5-12/h3,10-12H,4-9H2,1-2H3,(H,28,29)/b15-3-. The number of aromatic nitrogens is 1. The Morgan fingerprint density at radius 3 is 2.48 bits per heavy atom. The Morgan fingerprint density at radius 1 is 1.28 bits per heavy atom. The predicted octanol–water partition coefficient (Wildman–Crippen LogP) is 3.53. The summed E-state index contributed by atoms with van der Waals surface area (Å²) < 4.78 is 17.2. The Morgan fingerprint density at radius 2 is 1.93 bits per heavy atom. The van der Waals surface area contributed by atoms with E-state index in [0.29, 0.717) is 34.9 Å². The summed E-state index contributed by atoms with van der Waals surface area (Å²) in [7, 11) is 2.02. The van der Waals surface area contributed by atoms with E-state index in [0.717, 1.165) is 25.9 Å². The van der Waals surface area contributed by atoms with Gasteiger partial charge in [-0.3, -0.25) is 4.79 Å². The van der Waals surface area contributed by atoms with Crippen LogP contribution in [-0.4, -0.2) is 53.8 Å². The second-order valence-electron chi connectivity index (χ2n) is 7.72. The van der Waals surface area contributed by atoms with Crippen molar-refractivity contribution in [1.29, 1.82) is 0 Å². The van der Waals surface area contributed by atoms with E-state index in [1.165, 1.54) is 12.3 Å². The van der Waals surface area contributed by atoms with E-state index in [1.54, 1.807) is 17.6 Å². The van der Waals surface area contributed by atoms with Crippen LogP contribution in [0.2, 0.25) is 0 Å². The molecule has 1 aromatic carbocycles. The number of halogens is 2. The number of carboxylic acids is 1. The Hall–Kier alpha value is -2.38. The number of rotatable bonds is 4. The van der Waals surface area contributed by atoms with Crippen LogP contribution in [0.1, 0.15) is 41.7 Å². The van der Waals surface area contributed by atoms with Crippen molar-refractivity contribution in [3.63, 3.8) is 0 Å². The Bertz CT molecular complexity index is 1080. The van der Waals surface area contributed by atoms with Gasteiger partial charge in [0.1, 0.15) is 11.4 Å². The summed E-state index contributed by atoms with van der Waals surface area (Å²) in [6, 6.07) is 1.27. The number of pyridine rings is 1. The quantitative estimate of drug-likeness (QED) is 0.821. The van der Waals surface area contributed by atoms with Gasteiger partial charge >= 0.3 is 5.97 Å². The van der Waals surface area contributed by atoms with Gasteiger partial charge in [-0.1, -0.05) is 17.7 Å². The van der Waals surface area contributed by atoms with Gasteiger partial charge in [0, 0.05) is 49.0 Å². The van der Waals surface area contributed by atoms with Crippen molar-refractivity contribution in [2.45, 2.75) is 25.8 Å². The lowest BCUT2D eigenvalue weighted by molar-refractivity contribution is 0.0695. The molecular formula is C21H23ClFN3O3. The fourth-order valence-electron chi connectivity index (χ4n) is 3.98. The number of likely N-dealkylation sites (N-methyl/N-ethyl adjacent to an activating group) is 1. The zero-order valence-electron chi connectivity index (χ0n) is 16.4. The molecule has 2 fully saturated rings. The topological polar surface area (TPSA) is 65.8 Å². The van der Waals surface area contributed by atoms with Crippen LogP contribution in [0.5, 0.6) is 0 Å². The van der Waals surface area contributed by atoms with Crippen molar-refractivity contribution in [2.75, 3.05) is 38.1 Å². The van der Waals surface area contributed by atoms with Crippen LogP contribution < -0.4 is 10.3 Å². The molecule has 154 valence electrons. The smallest absolute Gasteiger partial charge is 0.341 e. The number of hydrogen-bond acceptors (Lipinski definition) is 4. The second kappa shape index (κ2) is 7.46. The Labute approximate surface area is 172 Å². The maximum absolute atomic E-state index is 15.4. The third-order valence-corrected chi connectivity index (χ3v) is 6.13. The minimum absolute atomic E-state index is 0.0576. The molecule has 8 heteroatoms. The number of hydrogen-bond donors (Lipinski definition) is 1. The fraction of sp³-hybridized carbons (Fsp3) is 0.429. The third-order valence-electron chi connectivity index (χ3n) is 5.72. The van der Waals surface area contributed by atoms with E-state index < -0.39 is 17.2 Å². The van der Waals surface area contributed by atoms with Gasteiger partial charge in [0.2, 0.25) is 5.43 Å². The summed E-state index contributed by atoms with van der Waals surface area (Å²) in [4.78, 5) is 28.6. The number of carboxylic acid groups (broad SMARTS) is 1. The van der Waals surface area contributed by atoms with Gasteiger partial charge < -0.3 is 19.5 Å². The van der Waals surface area contributed by atoms with E-state index >= 15 is 4.39 Å². The van der Waals surface area contributed by atoms with Crippen LogP contribution in [0.4, 0.5) is 10.1 Å². The van der Waals surface area contributed by atoms with E-state index in [4.69, 9.17) is 11.6 Å². The maximum atomic E-state index is 15.4. The van der Waals surface area contributed by atoms with Crippen molar-refractivity contribution in [2.24, 2.45) is 0 Å². The molecule has 0 amide bonds. The summed E-state index contributed by atoms with van der Waals surface area (Å²) in [6.45, 7) is 4.62. The summed E-state index contributed by atoms with van der Waals surface area (Å²) >= 11 is 6.57. The lowest BCUT2D eigenvalue weighted by Gasteiger charge is -2.35. The first-order valence-corrected chi connectivity index (χ1v) is 10.1. The normalized spacial score (nSPS) is 18.5. The number of piperazine rings is 1. The number of nitrogens with zero attached hydrogens (tertiary/aromatic N) is 3. The molecule has 2 aromatic rings. The van der Waals surface area contributed by atoms with Crippen LogP contribution in [0.15, 0.2) is 23.1 Å². The van der Waals surface area contributed by atoms with Crippen molar-refractivity contribution in [3.8, 4) is 0 Å². The molecule has 2 aliphatic rings. The molecular weight excluding hydrogens is 397 g/mol. The number of allylic oxidation sites excluding steroid dienone is 1. The van der Waals surface area contributed by atoms with Crippen LogP contribution in [0.3, 0.4) is 0 Å². The summed E-state index contributed by atoms with van der Waals surface area (Å²) in [5.41, 5.74) is 0.329.